The van der Waals surface area contributed by atoms with Crippen molar-refractivity contribution >= 4 is 11.3 Å². The minimum absolute atomic E-state index is 0.265. The van der Waals surface area contributed by atoms with Crippen molar-refractivity contribution in [3.63, 3.8) is 0 Å². The second-order valence-corrected chi connectivity index (χ2v) is 4.98. The van der Waals surface area contributed by atoms with Crippen LogP contribution in [0.25, 0.3) is 0 Å². The van der Waals surface area contributed by atoms with Crippen LogP contribution in [0.3, 0.4) is 0 Å². The molecule has 5 heteroatoms. The van der Waals surface area contributed by atoms with Crippen molar-refractivity contribution in [3.8, 4) is 11.5 Å². The Morgan fingerprint density at radius 1 is 1.17 bits per heavy atom. The molecule has 0 radical (unpaired) electrons. The predicted molar refractivity (Wildman–Crippen MR) is 72.4 cm³/mol. The van der Waals surface area contributed by atoms with Crippen LogP contribution in [-0.2, 0) is 0 Å². The predicted octanol–water partition coefficient (Wildman–Crippen LogP) is 2.52. The number of ether oxygens (including phenoxy) is 2. The van der Waals surface area contributed by atoms with Gasteiger partial charge in [-0.3, -0.25) is 0 Å². The number of nitrogens with two attached hydrogens (primary N) is 1. The van der Waals surface area contributed by atoms with Crippen LogP contribution in [0.1, 0.15) is 22.3 Å². The lowest BCUT2D eigenvalue weighted by Crippen LogP contribution is -2.12. The third kappa shape index (κ3) is 2.63. The van der Waals surface area contributed by atoms with Crippen LogP contribution in [0.2, 0.25) is 0 Å². The number of hydrogen-bond donors (Lipinski definition) is 1. The summed E-state index contributed by atoms with van der Waals surface area (Å²) in [6.07, 6.45) is 0. The summed E-state index contributed by atoms with van der Waals surface area (Å²) in [5, 5.41) is 2.99. The van der Waals surface area contributed by atoms with Gasteiger partial charge in [-0.1, -0.05) is 0 Å². The third-order valence-corrected chi connectivity index (χ3v) is 3.48. The topological polar surface area (TPSA) is 57.4 Å². The molecule has 1 atom stereocenters. The highest BCUT2D eigenvalue weighted by Crippen LogP contribution is 2.28. The molecule has 0 spiro atoms. The normalized spacial score (nSPS) is 12.2. The number of rotatable bonds is 4. The van der Waals surface area contributed by atoms with Crippen molar-refractivity contribution in [1.82, 2.24) is 4.98 Å². The Morgan fingerprint density at radius 2 is 1.78 bits per heavy atom. The molecule has 2 N–H and O–H groups in total. The van der Waals surface area contributed by atoms with Crippen LogP contribution in [0.15, 0.2) is 23.6 Å². The largest absolute Gasteiger partial charge is 0.497 e. The molecule has 0 bridgehead atoms. The molecule has 1 aromatic carbocycles. The molecule has 18 heavy (non-hydrogen) atoms. The van der Waals surface area contributed by atoms with E-state index < -0.39 is 0 Å². The fraction of sp³-hybridized carbons (Fsp3) is 0.308. The first-order chi connectivity index (χ1) is 8.63. The Kier molecular flexibility index (Phi) is 3.84. The highest BCUT2D eigenvalue weighted by molar-refractivity contribution is 7.09. The van der Waals surface area contributed by atoms with Gasteiger partial charge in [0.15, 0.2) is 0 Å². The SMILES string of the molecule is COc1cc(OC)cc(C(N)c2csc(C)n2)c1. The van der Waals surface area contributed by atoms with Gasteiger partial charge in [0.05, 0.1) is 31.0 Å². The van der Waals surface area contributed by atoms with Gasteiger partial charge in [-0.15, -0.1) is 11.3 Å². The standard InChI is InChI=1S/C13H16N2O2S/c1-8-15-12(7-18-8)13(14)9-4-10(16-2)6-11(5-9)17-3/h4-7,13H,14H2,1-3H3. The smallest absolute Gasteiger partial charge is 0.122 e. The van der Waals surface area contributed by atoms with E-state index in [2.05, 4.69) is 4.98 Å². The van der Waals surface area contributed by atoms with Crippen molar-refractivity contribution in [3.05, 3.63) is 39.8 Å². The fourth-order valence-electron chi connectivity index (χ4n) is 1.70. The van der Waals surface area contributed by atoms with Gasteiger partial charge in [-0.05, 0) is 24.6 Å². The maximum absolute atomic E-state index is 6.21. The summed E-state index contributed by atoms with van der Waals surface area (Å²) in [4.78, 5) is 4.41. The number of nitrogens with zero attached hydrogens (tertiary/aromatic N) is 1. The molecular formula is C13H16N2O2S. The Balaban J connectivity index is 2.37. The van der Waals surface area contributed by atoms with E-state index in [-0.39, 0.29) is 6.04 Å². The van der Waals surface area contributed by atoms with Gasteiger partial charge in [-0.2, -0.15) is 0 Å². The molecule has 0 saturated carbocycles. The lowest BCUT2D eigenvalue weighted by atomic mass is 10.0. The summed E-state index contributed by atoms with van der Waals surface area (Å²) in [5.41, 5.74) is 8.01. The summed E-state index contributed by atoms with van der Waals surface area (Å²) in [7, 11) is 3.24. The van der Waals surface area contributed by atoms with E-state index in [9.17, 15) is 0 Å². The monoisotopic (exact) mass is 264 g/mol. The average molecular weight is 264 g/mol. The van der Waals surface area contributed by atoms with Crippen molar-refractivity contribution < 1.29 is 9.47 Å². The van der Waals surface area contributed by atoms with E-state index in [4.69, 9.17) is 15.2 Å². The Morgan fingerprint density at radius 3 is 2.22 bits per heavy atom. The van der Waals surface area contributed by atoms with Gasteiger partial charge in [0.2, 0.25) is 0 Å². The molecule has 4 nitrogen and oxygen atoms in total. The molecule has 0 fully saturated rings. The minimum Gasteiger partial charge on any atom is -0.497 e. The second-order valence-electron chi connectivity index (χ2n) is 3.92. The van der Waals surface area contributed by atoms with Crippen LogP contribution in [0, 0.1) is 6.92 Å². The lowest BCUT2D eigenvalue weighted by Gasteiger charge is -2.13. The number of aryl methyl sites for hydroxylation is 1. The number of hydrogen-bond acceptors (Lipinski definition) is 5. The molecule has 1 heterocycles. The molecule has 2 aromatic rings. The Bertz CT molecular complexity index is 517. The van der Waals surface area contributed by atoms with Crippen LogP contribution in [-0.4, -0.2) is 19.2 Å². The lowest BCUT2D eigenvalue weighted by molar-refractivity contribution is 0.393. The van der Waals surface area contributed by atoms with E-state index in [1.54, 1.807) is 25.6 Å². The molecule has 96 valence electrons. The van der Waals surface area contributed by atoms with Gasteiger partial charge in [-0.25, -0.2) is 4.98 Å². The van der Waals surface area contributed by atoms with Crippen LogP contribution in [0.4, 0.5) is 0 Å². The zero-order chi connectivity index (χ0) is 13.1. The number of thiazole rings is 1. The molecular weight excluding hydrogens is 248 g/mol. The molecule has 0 aliphatic carbocycles. The quantitative estimate of drug-likeness (QED) is 0.922. The highest BCUT2D eigenvalue weighted by atomic mass is 32.1. The summed E-state index contributed by atoms with van der Waals surface area (Å²) in [6.45, 7) is 1.97. The molecule has 1 unspecified atom stereocenters. The minimum atomic E-state index is -0.265. The van der Waals surface area contributed by atoms with E-state index >= 15 is 0 Å². The van der Waals surface area contributed by atoms with E-state index in [0.717, 1.165) is 27.8 Å². The van der Waals surface area contributed by atoms with Crippen LogP contribution in [0.5, 0.6) is 11.5 Å². The van der Waals surface area contributed by atoms with Crippen LogP contribution >= 0.6 is 11.3 Å². The Hall–Kier alpha value is -1.59. The zero-order valence-electron chi connectivity index (χ0n) is 10.6. The maximum Gasteiger partial charge on any atom is 0.122 e. The molecule has 0 amide bonds. The van der Waals surface area contributed by atoms with Crippen LogP contribution < -0.4 is 15.2 Å². The van der Waals surface area contributed by atoms with E-state index in [0.29, 0.717) is 0 Å². The molecule has 0 aliphatic rings. The molecule has 0 aliphatic heterocycles. The molecule has 0 saturated heterocycles. The third-order valence-electron chi connectivity index (χ3n) is 2.69. The first-order valence-corrected chi connectivity index (χ1v) is 6.42. The van der Waals surface area contributed by atoms with Gasteiger partial charge in [0.25, 0.3) is 0 Å². The number of methoxy groups -OCH3 is 2. The van der Waals surface area contributed by atoms with Crippen molar-refractivity contribution in [1.29, 1.82) is 0 Å². The van der Waals surface area contributed by atoms with E-state index in [1.807, 2.05) is 30.5 Å². The average Bonchev–Trinajstić information content (AvgIpc) is 2.83. The van der Waals surface area contributed by atoms with E-state index in [1.165, 1.54) is 0 Å². The van der Waals surface area contributed by atoms with Crippen molar-refractivity contribution in [2.75, 3.05) is 14.2 Å². The van der Waals surface area contributed by atoms with Crippen molar-refractivity contribution in [2.45, 2.75) is 13.0 Å². The summed E-state index contributed by atoms with van der Waals surface area (Å²) >= 11 is 1.59. The summed E-state index contributed by atoms with van der Waals surface area (Å²) < 4.78 is 10.5. The van der Waals surface area contributed by atoms with Gasteiger partial charge < -0.3 is 15.2 Å². The molecule has 2 rings (SSSR count). The number of benzene rings is 1. The molecule has 1 aromatic heterocycles. The van der Waals surface area contributed by atoms with Gasteiger partial charge in [0.1, 0.15) is 11.5 Å². The van der Waals surface area contributed by atoms with Gasteiger partial charge in [0, 0.05) is 11.4 Å². The first kappa shape index (κ1) is 12.9. The zero-order valence-corrected chi connectivity index (χ0v) is 11.5. The summed E-state index contributed by atoms with van der Waals surface area (Å²) in [6, 6.07) is 5.37. The maximum atomic E-state index is 6.21. The van der Waals surface area contributed by atoms with Crippen molar-refractivity contribution in [2.24, 2.45) is 5.73 Å². The number of aromatic nitrogens is 1. The van der Waals surface area contributed by atoms with Gasteiger partial charge >= 0.3 is 0 Å². The Labute approximate surface area is 110 Å². The summed E-state index contributed by atoms with van der Waals surface area (Å²) in [5.74, 6) is 1.46. The first-order valence-electron chi connectivity index (χ1n) is 5.54. The fourth-order valence-corrected chi connectivity index (χ4v) is 2.35. The highest BCUT2D eigenvalue weighted by Gasteiger charge is 2.14. The second kappa shape index (κ2) is 5.37.